The van der Waals surface area contributed by atoms with E-state index >= 15 is 0 Å². The van der Waals surface area contributed by atoms with Gasteiger partial charge in [-0.1, -0.05) is 19.3 Å². The first-order valence-corrected chi connectivity index (χ1v) is 11.9. The Hall–Kier alpha value is -1.15. The number of hydrogen-bond acceptors (Lipinski definition) is 5. The Morgan fingerprint density at radius 1 is 1.32 bits per heavy atom. The van der Waals surface area contributed by atoms with Gasteiger partial charge in [0.1, 0.15) is 5.01 Å². The van der Waals surface area contributed by atoms with Crippen LogP contribution in [0.2, 0.25) is 0 Å². The second-order valence-corrected chi connectivity index (χ2v) is 10.3. The molecule has 0 radical (unpaired) electrons. The van der Waals surface area contributed by atoms with Gasteiger partial charge in [-0.2, -0.15) is 0 Å². The lowest BCUT2D eigenvalue weighted by Gasteiger charge is -2.25. The third-order valence-corrected chi connectivity index (χ3v) is 7.66. The molecule has 25 heavy (non-hydrogen) atoms. The zero-order valence-electron chi connectivity index (χ0n) is 14.8. The number of guanidine groups is 1. The number of sulfone groups is 1. The first kappa shape index (κ1) is 18.6. The fourth-order valence-electron chi connectivity index (χ4n) is 3.49. The minimum Gasteiger partial charge on any atom is -0.356 e. The molecule has 0 spiro atoms. The lowest BCUT2D eigenvalue weighted by molar-refractivity contribution is 0.408. The van der Waals surface area contributed by atoms with Gasteiger partial charge >= 0.3 is 0 Å². The van der Waals surface area contributed by atoms with E-state index in [9.17, 15) is 8.42 Å². The summed E-state index contributed by atoms with van der Waals surface area (Å²) in [5.74, 6) is 1.59. The molecule has 1 atom stereocenters. The molecule has 0 aromatic carbocycles. The van der Waals surface area contributed by atoms with Crippen LogP contribution in [0.4, 0.5) is 0 Å². The largest absolute Gasteiger partial charge is 0.356 e. The lowest BCUT2D eigenvalue weighted by atomic mass is 9.96. The Bertz CT molecular complexity index is 693. The number of nitrogens with one attached hydrogen (secondary N) is 2. The predicted molar refractivity (Wildman–Crippen MR) is 103 cm³/mol. The summed E-state index contributed by atoms with van der Waals surface area (Å²) in [7, 11) is -2.83. The van der Waals surface area contributed by atoms with Gasteiger partial charge in [0.05, 0.1) is 18.1 Å². The van der Waals surface area contributed by atoms with Crippen LogP contribution in [-0.2, 0) is 16.4 Å². The zero-order chi connectivity index (χ0) is 17.7. The standard InChI is InChI=1S/C17H28N4O2S2/c1-13-11-24-16(20-13)10-19-17(21-15-5-3-2-4-6-15)18-9-14-7-8-25(22,23)12-14/h11,14-15H,2-10,12H2,1H3,(H2,18,19,21). The molecule has 2 aliphatic rings. The summed E-state index contributed by atoms with van der Waals surface area (Å²) >= 11 is 1.63. The van der Waals surface area contributed by atoms with E-state index in [1.807, 2.05) is 12.3 Å². The van der Waals surface area contributed by atoms with Gasteiger partial charge in [0.15, 0.2) is 15.8 Å². The number of hydrogen-bond donors (Lipinski definition) is 2. The predicted octanol–water partition coefficient (Wildman–Crippen LogP) is 2.25. The highest BCUT2D eigenvalue weighted by Crippen LogP contribution is 2.19. The molecule has 1 aromatic heterocycles. The van der Waals surface area contributed by atoms with Crippen molar-refractivity contribution >= 4 is 27.1 Å². The molecule has 2 N–H and O–H groups in total. The molecule has 0 bridgehead atoms. The summed E-state index contributed by atoms with van der Waals surface area (Å²) in [4.78, 5) is 9.15. The van der Waals surface area contributed by atoms with Gasteiger partial charge in [-0.05, 0) is 32.1 Å². The molecule has 2 heterocycles. The maximum Gasteiger partial charge on any atom is 0.191 e. The van der Waals surface area contributed by atoms with Crippen LogP contribution >= 0.6 is 11.3 Å². The number of aliphatic imine (C=N–C) groups is 1. The third kappa shape index (κ3) is 5.95. The molecule has 1 saturated carbocycles. The van der Waals surface area contributed by atoms with Crippen molar-refractivity contribution in [2.75, 3.05) is 18.1 Å². The summed E-state index contributed by atoms with van der Waals surface area (Å²) in [6.45, 7) is 3.21. The second-order valence-electron chi connectivity index (χ2n) is 7.18. The summed E-state index contributed by atoms with van der Waals surface area (Å²) in [5.41, 5.74) is 1.03. The zero-order valence-corrected chi connectivity index (χ0v) is 16.5. The van der Waals surface area contributed by atoms with Crippen molar-refractivity contribution in [1.29, 1.82) is 0 Å². The summed E-state index contributed by atoms with van der Waals surface area (Å²) < 4.78 is 23.3. The average molecular weight is 385 g/mol. The number of aromatic nitrogens is 1. The van der Waals surface area contributed by atoms with E-state index in [2.05, 4.69) is 15.6 Å². The number of aryl methyl sites for hydroxylation is 1. The van der Waals surface area contributed by atoms with Gasteiger partial charge in [-0.25, -0.2) is 18.4 Å². The van der Waals surface area contributed by atoms with Crippen molar-refractivity contribution in [3.8, 4) is 0 Å². The molecule has 8 heteroatoms. The quantitative estimate of drug-likeness (QED) is 0.601. The van der Waals surface area contributed by atoms with E-state index in [0.717, 1.165) is 23.1 Å². The van der Waals surface area contributed by atoms with Crippen LogP contribution in [0, 0.1) is 12.8 Å². The van der Waals surface area contributed by atoms with Crippen LogP contribution in [-0.4, -0.2) is 43.5 Å². The van der Waals surface area contributed by atoms with E-state index in [4.69, 9.17) is 4.99 Å². The Morgan fingerprint density at radius 2 is 2.12 bits per heavy atom. The van der Waals surface area contributed by atoms with E-state index in [-0.39, 0.29) is 5.92 Å². The average Bonchev–Trinajstić information content (AvgIpc) is 3.16. The highest BCUT2D eigenvalue weighted by Gasteiger charge is 2.28. The highest BCUT2D eigenvalue weighted by atomic mass is 32.2. The molecule has 140 valence electrons. The van der Waals surface area contributed by atoms with Crippen molar-refractivity contribution in [2.24, 2.45) is 10.9 Å². The highest BCUT2D eigenvalue weighted by molar-refractivity contribution is 7.91. The smallest absolute Gasteiger partial charge is 0.191 e. The fourth-order valence-corrected chi connectivity index (χ4v) is 6.05. The molecule has 3 rings (SSSR count). The molecule has 2 fully saturated rings. The number of thiazole rings is 1. The third-order valence-electron chi connectivity index (χ3n) is 4.87. The molecule has 6 nitrogen and oxygen atoms in total. The first-order chi connectivity index (χ1) is 12.0. The summed E-state index contributed by atoms with van der Waals surface area (Å²) in [6, 6.07) is 0.463. The van der Waals surface area contributed by atoms with Crippen LogP contribution in [0.1, 0.15) is 49.2 Å². The molecular weight excluding hydrogens is 356 g/mol. The summed E-state index contributed by atoms with van der Waals surface area (Å²) in [5, 5.41) is 9.96. The maximum absolute atomic E-state index is 11.6. The van der Waals surface area contributed by atoms with Crippen molar-refractivity contribution in [2.45, 2.75) is 58.0 Å². The van der Waals surface area contributed by atoms with E-state index < -0.39 is 9.84 Å². The first-order valence-electron chi connectivity index (χ1n) is 9.16. The van der Waals surface area contributed by atoms with Crippen molar-refractivity contribution < 1.29 is 8.42 Å². The fraction of sp³-hybridized carbons (Fsp3) is 0.765. The van der Waals surface area contributed by atoms with Crippen LogP contribution in [0.15, 0.2) is 10.4 Å². The van der Waals surface area contributed by atoms with Gasteiger partial charge < -0.3 is 10.6 Å². The second kappa shape index (κ2) is 8.49. The molecule has 1 saturated heterocycles. The monoisotopic (exact) mass is 384 g/mol. The maximum atomic E-state index is 11.6. The van der Waals surface area contributed by atoms with E-state index in [1.54, 1.807) is 11.3 Å². The van der Waals surface area contributed by atoms with E-state index in [1.165, 1.54) is 32.1 Å². The number of nitrogens with zero attached hydrogens (tertiary/aromatic N) is 2. The van der Waals surface area contributed by atoms with Crippen LogP contribution in [0.25, 0.3) is 0 Å². The van der Waals surface area contributed by atoms with Crippen molar-refractivity contribution in [3.05, 3.63) is 16.1 Å². The van der Waals surface area contributed by atoms with Crippen LogP contribution in [0.5, 0.6) is 0 Å². The van der Waals surface area contributed by atoms with Crippen molar-refractivity contribution in [3.63, 3.8) is 0 Å². The molecule has 1 unspecified atom stereocenters. The van der Waals surface area contributed by atoms with Gasteiger partial charge in [0, 0.05) is 23.7 Å². The molecule has 1 aliphatic heterocycles. The number of rotatable bonds is 5. The Kier molecular flexibility index (Phi) is 6.33. The molecule has 1 aliphatic carbocycles. The van der Waals surface area contributed by atoms with Gasteiger partial charge in [-0.15, -0.1) is 11.3 Å². The minimum atomic E-state index is -2.83. The molecule has 0 amide bonds. The SMILES string of the molecule is Cc1csc(CN=C(NCC2CCS(=O)(=O)C2)NC2CCCCC2)n1. The Balaban J connectivity index is 1.58. The topological polar surface area (TPSA) is 83.5 Å². The minimum absolute atomic E-state index is 0.186. The normalized spacial score (nSPS) is 24.4. The van der Waals surface area contributed by atoms with Crippen LogP contribution < -0.4 is 10.6 Å². The Morgan fingerprint density at radius 3 is 2.76 bits per heavy atom. The van der Waals surface area contributed by atoms with E-state index in [0.29, 0.717) is 30.6 Å². The molecule has 1 aromatic rings. The lowest BCUT2D eigenvalue weighted by Crippen LogP contribution is -2.45. The molecular formula is C17H28N4O2S2. The van der Waals surface area contributed by atoms with Crippen molar-refractivity contribution in [1.82, 2.24) is 15.6 Å². The van der Waals surface area contributed by atoms with Crippen LogP contribution in [0.3, 0.4) is 0 Å². The van der Waals surface area contributed by atoms with Gasteiger partial charge in [0.25, 0.3) is 0 Å². The van der Waals surface area contributed by atoms with Gasteiger partial charge in [-0.3, -0.25) is 0 Å². The Labute approximate surface area is 154 Å². The summed E-state index contributed by atoms with van der Waals surface area (Å²) in [6.07, 6.45) is 6.94. The van der Waals surface area contributed by atoms with Gasteiger partial charge in [0.2, 0.25) is 0 Å².